The van der Waals surface area contributed by atoms with E-state index in [1.807, 2.05) is 0 Å². The Kier molecular flexibility index (Phi) is 5.61. The minimum Gasteiger partial charge on any atom is -0.357 e. The average Bonchev–Trinajstić information content (AvgIpc) is 3.20. The van der Waals surface area contributed by atoms with E-state index in [1.54, 1.807) is 0 Å². The molecule has 0 spiro atoms. The van der Waals surface area contributed by atoms with E-state index in [4.69, 9.17) is 4.99 Å². The maximum Gasteiger partial charge on any atom is 0.194 e. The molecule has 4 nitrogen and oxygen atoms in total. The highest BCUT2D eigenvalue weighted by molar-refractivity contribution is 8.00. The number of hydrogen-bond acceptors (Lipinski definition) is 3. The van der Waals surface area contributed by atoms with Gasteiger partial charge >= 0.3 is 0 Å². The van der Waals surface area contributed by atoms with Gasteiger partial charge in [0.2, 0.25) is 0 Å². The van der Waals surface area contributed by atoms with Gasteiger partial charge in [-0.15, -0.1) is 0 Å². The molecule has 0 unspecified atom stereocenters. The Labute approximate surface area is 128 Å². The number of rotatable bonds is 5. The van der Waals surface area contributed by atoms with Crippen molar-refractivity contribution in [2.24, 2.45) is 4.99 Å². The number of nitrogens with one attached hydrogen (secondary N) is 1. The highest BCUT2D eigenvalue weighted by Crippen LogP contribution is 2.29. The molecule has 0 aromatic rings. The Bertz CT molecular complexity index is 339. The summed E-state index contributed by atoms with van der Waals surface area (Å²) in [6.45, 7) is 11.9. The Balaban J connectivity index is 1.87. The molecule has 0 aromatic carbocycles. The summed E-state index contributed by atoms with van der Waals surface area (Å²) >= 11 is 2.07. The van der Waals surface area contributed by atoms with E-state index < -0.39 is 0 Å². The predicted octanol–water partition coefficient (Wildman–Crippen LogP) is 1.87. The lowest BCUT2D eigenvalue weighted by atomic mass is 10.2. The summed E-state index contributed by atoms with van der Waals surface area (Å²) in [6.07, 6.45) is 2.75. The van der Waals surface area contributed by atoms with Crippen molar-refractivity contribution in [1.82, 2.24) is 15.1 Å². The second kappa shape index (κ2) is 7.03. The summed E-state index contributed by atoms with van der Waals surface area (Å²) in [5.74, 6) is 2.30. The van der Waals surface area contributed by atoms with Crippen molar-refractivity contribution in [3.63, 3.8) is 0 Å². The molecule has 1 saturated heterocycles. The standard InChI is InChI=1S/C15H30N4S/c1-5-16-14(17-8-9-18(4)13-6-7-13)19-10-11-20-15(2,3)12-19/h13H,5-12H2,1-4H3,(H,16,17). The molecule has 1 saturated carbocycles. The lowest BCUT2D eigenvalue weighted by Crippen LogP contribution is -2.51. The third-order valence-electron chi connectivity index (χ3n) is 3.94. The van der Waals surface area contributed by atoms with Gasteiger partial charge in [0.05, 0.1) is 6.54 Å². The van der Waals surface area contributed by atoms with Gasteiger partial charge in [0.1, 0.15) is 0 Å². The number of nitrogens with zero attached hydrogens (tertiary/aromatic N) is 3. The lowest BCUT2D eigenvalue weighted by molar-refractivity contribution is 0.331. The third kappa shape index (κ3) is 4.85. The average molecular weight is 299 g/mol. The van der Waals surface area contributed by atoms with Gasteiger partial charge in [-0.2, -0.15) is 11.8 Å². The molecule has 1 aliphatic heterocycles. The summed E-state index contributed by atoms with van der Waals surface area (Å²) in [6, 6.07) is 0.832. The van der Waals surface area contributed by atoms with Crippen LogP contribution in [0, 0.1) is 0 Å². The van der Waals surface area contributed by atoms with Crippen LogP contribution < -0.4 is 5.32 Å². The van der Waals surface area contributed by atoms with Gasteiger partial charge in [0, 0.05) is 42.7 Å². The first-order valence-corrected chi connectivity index (χ1v) is 8.88. The van der Waals surface area contributed by atoms with Crippen molar-refractivity contribution >= 4 is 17.7 Å². The van der Waals surface area contributed by atoms with Crippen LogP contribution in [0.5, 0.6) is 0 Å². The Hall–Kier alpha value is -0.420. The largest absolute Gasteiger partial charge is 0.357 e. The molecular formula is C15H30N4S. The van der Waals surface area contributed by atoms with E-state index >= 15 is 0 Å². The maximum absolute atomic E-state index is 4.83. The smallest absolute Gasteiger partial charge is 0.194 e. The van der Waals surface area contributed by atoms with Crippen molar-refractivity contribution < 1.29 is 0 Å². The fourth-order valence-electron chi connectivity index (χ4n) is 2.63. The van der Waals surface area contributed by atoms with Crippen molar-refractivity contribution in [3.8, 4) is 0 Å². The normalized spacial score (nSPS) is 23.2. The van der Waals surface area contributed by atoms with E-state index in [9.17, 15) is 0 Å². The molecule has 0 aromatic heterocycles. The first-order valence-electron chi connectivity index (χ1n) is 7.89. The van der Waals surface area contributed by atoms with Gasteiger partial charge < -0.3 is 15.1 Å². The number of likely N-dealkylation sites (N-methyl/N-ethyl adjacent to an activating group) is 1. The first-order chi connectivity index (χ1) is 9.52. The fourth-order valence-corrected chi connectivity index (χ4v) is 3.75. The highest BCUT2D eigenvalue weighted by atomic mass is 32.2. The molecule has 0 bridgehead atoms. The lowest BCUT2D eigenvalue weighted by Gasteiger charge is -2.39. The topological polar surface area (TPSA) is 30.9 Å². The monoisotopic (exact) mass is 298 g/mol. The van der Waals surface area contributed by atoms with Crippen LogP contribution in [0.15, 0.2) is 4.99 Å². The highest BCUT2D eigenvalue weighted by Gasteiger charge is 2.29. The summed E-state index contributed by atoms with van der Waals surface area (Å²) in [5, 5.41) is 3.46. The van der Waals surface area contributed by atoms with Crippen molar-refractivity contribution in [2.45, 2.75) is 44.4 Å². The zero-order valence-electron chi connectivity index (χ0n) is 13.5. The van der Waals surface area contributed by atoms with Gasteiger partial charge in [-0.3, -0.25) is 4.99 Å². The van der Waals surface area contributed by atoms with E-state index in [2.05, 4.69) is 54.7 Å². The Morgan fingerprint density at radius 2 is 2.20 bits per heavy atom. The molecule has 1 N–H and O–H groups in total. The number of thioether (sulfide) groups is 1. The third-order valence-corrected chi connectivity index (χ3v) is 5.24. The van der Waals surface area contributed by atoms with Gasteiger partial charge in [-0.25, -0.2) is 0 Å². The molecule has 0 radical (unpaired) electrons. The molecule has 1 aliphatic carbocycles. The van der Waals surface area contributed by atoms with Crippen LogP contribution in [-0.2, 0) is 0 Å². The van der Waals surface area contributed by atoms with Crippen LogP contribution >= 0.6 is 11.8 Å². The molecule has 2 aliphatic rings. The van der Waals surface area contributed by atoms with Crippen LogP contribution in [-0.4, -0.2) is 72.1 Å². The molecule has 0 amide bonds. The summed E-state index contributed by atoms with van der Waals surface area (Å²) in [7, 11) is 2.22. The molecular weight excluding hydrogens is 268 g/mol. The van der Waals surface area contributed by atoms with Crippen molar-refractivity contribution in [1.29, 1.82) is 0 Å². The minimum atomic E-state index is 0.333. The van der Waals surface area contributed by atoms with Gasteiger partial charge in [-0.05, 0) is 40.7 Å². The van der Waals surface area contributed by atoms with Crippen molar-refractivity contribution in [3.05, 3.63) is 0 Å². The fraction of sp³-hybridized carbons (Fsp3) is 0.933. The molecule has 116 valence electrons. The van der Waals surface area contributed by atoms with E-state index in [0.717, 1.165) is 44.7 Å². The van der Waals surface area contributed by atoms with E-state index in [0.29, 0.717) is 4.75 Å². The zero-order chi connectivity index (χ0) is 14.6. The van der Waals surface area contributed by atoms with Gasteiger partial charge in [0.25, 0.3) is 0 Å². The number of aliphatic imine (C=N–C) groups is 1. The van der Waals surface area contributed by atoms with Crippen LogP contribution in [0.4, 0.5) is 0 Å². The SMILES string of the molecule is CCNC(=NCCN(C)C1CC1)N1CCSC(C)(C)C1. The Morgan fingerprint density at radius 1 is 1.45 bits per heavy atom. The van der Waals surface area contributed by atoms with Crippen LogP contribution in [0.1, 0.15) is 33.6 Å². The second-order valence-electron chi connectivity index (χ2n) is 6.48. The van der Waals surface area contributed by atoms with Crippen LogP contribution in [0.25, 0.3) is 0 Å². The summed E-state index contributed by atoms with van der Waals surface area (Å²) in [5.41, 5.74) is 0. The summed E-state index contributed by atoms with van der Waals surface area (Å²) in [4.78, 5) is 9.71. The van der Waals surface area contributed by atoms with Crippen LogP contribution in [0.2, 0.25) is 0 Å². The van der Waals surface area contributed by atoms with E-state index in [-0.39, 0.29) is 0 Å². The molecule has 1 heterocycles. The molecule has 5 heteroatoms. The zero-order valence-corrected chi connectivity index (χ0v) is 14.3. The van der Waals surface area contributed by atoms with Gasteiger partial charge in [-0.1, -0.05) is 0 Å². The molecule has 2 fully saturated rings. The maximum atomic E-state index is 4.83. The van der Waals surface area contributed by atoms with E-state index in [1.165, 1.54) is 18.6 Å². The number of guanidine groups is 1. The molecule has 20 heavy (non-hydrogen) atoms. The summed E-state index contributed by atoms with van der Waals surface area (Å²) < 4.78 is 0.333. The van der Waals surface area contributed by atoms with Gasteiger partial charge in [0.15, 0.2) is 5.96 Å². The van der Waals surface area contributed by atoms with Crippen LogP contribution in [0.3, 0.4) is 0 Å². The Morgan fingerprint density at radius 3 is 2.80 bits per heavy atom. The predicted molar refractivity (Wildman–Crippen MR) is 89.7 cm³/mol. The van der Waals surface area contributed by atoms with Crippen molar-refractivity contribution in [2.75, 3.05) is 45.5 Å². The quantitative estimate of drug-likeness (QED) is 0.620. The first kappa shape index (κ1) is 16.0. The minimum absolute atomic E-state index is 0.333. The second-order valence-corrected chi connectivity index (χ2v) is 8.28. The molecule has 2 rings (SSSR count). The molecule has 0 atom stereocenters. The number of hydrogen-bond donors (Lipinski definition) is 1.